The predicted octanol–water partition coefficient (Wildman–Crippen LogP) is 2.61. The monoisotopic (exact) mass is 489 g/mol. The van der Waals surface area contributed by atoms with Gasteiger partial charge in [-0.3, -0.25) is 4.79 Å². The zero-order valence-electron chi connectivity index (χ0n) is 17.7. The topological polar surface area (TPSA) is 147 Å². The summed E-state index contributed by atoms with van der Waals surface area (Å²) < 4.78 is 54.4. The summed E-state index contributed by atoms with van der Waals surface area (Å²) in [6.07, 6.45) is 4.37. The van der Waals surface area contributed by atoms with Crippen molar-refractivity contribution in [2.24, 2.45) is 0 Å². The summed E-state index contributed by atoms with van der Waals surface area (Å²) in [7, 11) is -7.63. The van der Waals surface area contributed by atoms with Gasteiger partial charge in [-0.15, -0.1) is 0 Å². The van der Waals surface area contributed by atoms with Crippen molar-refractivity contribution >= 4 is 37.6 Å². The minimum absolute atomic E-state index is 0.0121. The molecule has 0 fully saturated rings. The Hall–Kier alpha value is -3.35. The number of hydrogen-bond acceptors (Lipinski definition) is 7. The largest absolute Gasteiger partial charge is 0.322 e. The highest BCUT2D eigenvalue weighted by Crippen LogP contribution is 2.18. The van der Waals surface area contributed by atoms with Crippen LogP contribution in [0.15, 0.2) is 76.8 Å². The lowest BCUT2D eigenvalue weighted by Crippen LogP contribution is -2.25. The highest BCUT2D eigenvalue weighted by Gasteiger charge is 2.17. The van der Waals surface area contributed by atoms with Crippen LogP contribution in [0.25, 0.3) is 0 Å². The van der Waals surface area contributed by atoms with Crippen molar-refractivity contribution in [1.29, 1.82) is 0 Å². The van der Waals surface area contributed by atoms with Gasteiger partial charge in [0.25, 0.3) is 15.9 Å². The molecule has 1 amide bonds. The molecule has 3 rings (SSSR count). The van der Waals surface area contributed by atoms with E-state index in [0.717, 1.165) is 6.42 Å². The molecule has 2 aromatic carbocycles. The van der Waals surface area contributed by atoms with E-state index in [4.69, 9.17) is 0 Å². The smallest absolute Gasteiger partial charge is 0.264 e. The van der Waals surface area contributed by atoms with Crippen LogP contribution in [0.4, 0.5) is 11.6 Å². The first-order valence-electron chi connectivity index (χ1n) is 10.0. The lowest BCUT2D eigenvalue weighted by Gasteiger charge is -2.10. The van der Waals surface area contributed by atoms with Gasteiger partial charge in [-0.1, -0.05) is 19.4 Å². The zero-order chi connectivity index (χ0) is 23.9. The van der Waals surface area contributed by atoms with Crippen molar-refractivity contribution in [2.45, 2.75) is 29.6 Å². The quantitative estimate of drug-likeness (QED) is 0.371. The van der Waals surface area contributed by atoms with Gasteiger partial charge in [0.1, 0.15) is 0 Å². The molecule has 1 heterocycles. The van der Waals surface area contributed by atoms with E-state index in [1.54, 1.807) is 6.07 Å². The molecule has 3 N–H and O–H groups in total. The number of benzene rings is 2. The minimum Gasteiger partial charge on any atom is -0.322 e. The first-order chi connectivity index (χ1) is 15.7. The third-order valence-corrected chi connectivity index (χ3v) is 7.25. The Bertz CT molecular complexity index is 1310. The summed E-state index contributed by atoms with van der Waals surface area (Å²) in [5.74, 6) is -0.596. The third-order valence-electron chi connectivity index (χ3n) is 4.44. The Labute approximate surface area is 192 Å². The van der Waals surface area contributed by atoms with Gasteiger partial charge in [0.2, 0.25) is 16.0 Å². The Morgan fingerprint density at radius 3 is 2.24 bits per heavy atom. The van der Waals surface area contributed by atoms with Crippen LogP contribution in [-0.4, -0.2) is 39.3 Å². The molecule has 0 saturated carbocycles. The highest BCUT2D eigenvalue weighted by atomic mass is 32.2. The minimum atomic E-state index is -3.90. The fraction of sp³-hybridized carbons (Fsp3) is 0.190. The molecule has 174 valence electrons. The lowest BCUT2D eigenvalue weighted by molar-refractivity contribution is 0.102. The van der Waals surface area contributed by atoms with Crippen LogP contribution >= 0.6 is 0 Å². The number of sulfonamides is 2. The number of carbonyl (C=O) groups is 1. The third kappa shape index (κ3) is 6.57. The van der Waals surface area contributed by atoms with Crippen LogP contribution in [0.2, 0.25) is 0 Å². The molecular formula is C21H23N5O5S2. The Balaban J connectivity index is 1.70. The summed E-state index contributed by atoms with van der Waals surface area (Å²) in [6.45, 7) is 2.27. The predicted molar refractivity (Wildman–Crippen MR) is 124 cm³/mol. The second-order valence-electron chi connectivity index (χ2n) is 6.94. The van der Waals surface area contributed by atoms with Gasteiger partial charge in [0.15, 0.2) is 0 Å². The molecule has 0 spiro atoms. The molecule has 0 aliphatic carbocycles. The normalized spacial score (nSPS) is 11.7. The molecule has 33 heavy (non-hydrogen) atoms. The van der Waals surface area contributed by atoms with Crippen molar-refractivity contribution in [2.75, 3.05) is 16.6 Å². The number of nitrogens with zero attached hydrogens (tertiary/aromatic N) is 2. The van der Waals surface area contributed by atoms with E-state index in [1.165, 1.54) is 60.9 Å². The molecule has 0 bridgehead atoms. The molecule has 0 aliphatic heterocycles. The van der Waals surface area contributed by atoms with E-state index >= 15 is 0 Å². The number of carbonyl (C=O) groups excluding carboxylic acids is 1. The summed E-state index contributed by atoms with van der Waals surface area (Å²) in [6, 6.07) is 12.7. The van der Waals surface area contributed by atoms with E-state index in [0.29, 0.717) is 18.7 Å². The molecule has 3 aromatic rings. The fourth-order valence-corrected chi connectivity index (χ4v) is 4.80. The molecule has 1 aromatic heterocycles. The first kappa shape index (κ1) is 24.3. The fourth-order valence-electron chi connectivity index (χ4n) is 2.72. The van der Waals surface area contributed by atoms with Gasteiger partial charge in [-0.2, -0.15) is 0 Å². The molecule has 0 radical (unpaired) electrons. The Morgan fingerprint density at radius 2 is 1.58 bits per heavy atom. The average Bonchev–Trinajstić information content (AvgIpc) is 2.80. The van der Waals surface area contributed by atoms with E-state index in [-0.39, 0.29) is 21.3 Å². The van der Waals surface area contributed by atoms with Crippen LogP contribution in [0.3, 0.4) is 0 Å². The van der Waals surface area contributed by atoms with Crippen molar-refractivity contribution in [3.05, 3.63) is 72.6 Å². The van der Waals surface area contributed by atoms with Crippen LogP contribution in [0, 0.1) is 0 Å². The lowest BCUT2D eigenvalue weighted by atomic mass is 10.2. The van der Waals surface area contributed by atoms with Gasteiger partial charge >= 0.3 is 0 Å². The number of nitrogens with one attached hydrogen (secondary N) is 3. The molecule has 0 saturated heterocycles. The number of anilines is 2. The van der Waals surface area contributed by atoms with Crippen LogP contribution in [0.1, 0.15) is 30.1 Å². The van der Waals surface area contributed by atoms with E-state index < -0.39 is 26.0 Å². The van der Waals surface area contributed by atoms with E-state index in [1.807, 2.05) is 6.92 Å². The number of hydrogen-bond donors (Lipinski definition) is 3. The summed E-state index contributed by atoms with van der Waals surface area (Å²) in [4.78, 5) is 20.2. The maximum atomic E-state index is 12.6. The molecule has 0 atom stereocenters. The van der Waals surface area contributed by atoms with Crippen LogP contribution < -0.4 is 14.8 Å². The summed E-state index contributed by atoms with van der Waals surface area (Å²) in [5.41, 5.74) is 0.484. The van der Waals surface area contributed by atoms with E-state index in [9.17, 15) is 21.6 Å². The number of amides is 1. The maximum absolute atomic E-state index is 12.6. The number of unbranched alkanes of at least 4 members (excludes halogenated alkanes) is 1. The molecule has 0 unspecified atom stereocenters. The molecule has 12 heteroatoms. The molecule has 10 nitrogen and oxygen atoms in total. The van der Waals surface area contributed by atoms with Gasteiger partial charge < -0.3 is 5.32 Å². The second-order valence-corrected chi connectivity index (χ2v) is 10.4. The first-order valence-corrected chi connectivity index (χ1v) is 13.0. The summed E-state index contributed by atoms with van der Waals surface area (Å²) in [5, 5.41) is 2.62. The van der Waals surface area contributed by atoms with Gasteiger partial charge in [0, 0.05) is 30.2 Å². The summed E-state index contributed by atoms with van der Waals surface area (Å²) >= 11 is 0. The van der Waals surface area contributed by atoms with Crippen LogP contribution in [0.5, 0.6) is 0 Å². The zero-order valence-corrected chi connectivity index (χ0v) is 19.4. The standard InChI is InChI=1S/C21H23N5O5S2/c1-2-3-14-24-32(28,29)19-7-4-6-16(15-19)20(27)25-17-8-10-18(11-9-17)33(30,31)26-21-22-12-5-13-23-21/h4-13,15,24H,2-3,14H2,1H3,(H,25,27)(H,22,23,26). The highest BCUT2D eigenvalue weighted by molar-refractivity contribution is 7.92. The van der Waals surface area contributed by atoms with Gasteiger partial charge in [0.05, 0.1) is 9.79 Å². The van der Waals surface area contributed by atoms with Crippen molar-refractivity contribution < 1.29 is 21.6 Å². The van der Waals surface area contributed by atoms with Gasteiger partial charge in [-0.25, -0.2) is 36.2 Å². The molecule has 0 aliphatic rings. The van der Waals surface area contributed by atoms with Crippen molar-refractivity contribution in [3.63, 3.8) is 0 Å². The Kier molecular flexibility index (Phi) is 7.74. The van der Waals surface area contributed by atoms with Gasteiger partial charge in [-0.05, 0) is 55.0 Å². The number of rotatable bonds is 10. The van der Waals surface area contributed by atoms with Crippen LogP contribution in [-0.2, 0) is 20.0 Å². The van der Waals surface area contributed by atoms with Crippen molar-refractivity contribution in [3.8, 4) is 0 Å². The SMILES string of the molecule is CCCCNS(=O)(=O)c1cccc(C(=O)Nc2ccc(S(=O)(=O)Nc3ncccn3)cc2)c1. The van der Waals surface area contributed by atoms with Crippen molar-refractivity contribution in [1.82, 2.24) is 14.7 Å². The van der Waals surface area contributed by atoms with E-state index in [2.05, 4.69) is 24.7 Å². The Morgan fingerprint density at radius 1 is 0.879 bits per heavy atom. The second kappa shape index (κ2) is 10.5. The average molecular weight is 490 g/mol. The number of aromatic nitrogens is 2. The maximum Gasteiger partial charge on any atom is 0.264 e. The molecular weight excluding hydrogens is 466 g/mol.